The second-order valence-electron chi connectivity index (χ2n) is 7.40. The van der Waals surface area contributed by atoms with Gasteiger partial charge in [0.1, 0.15) is 5.69 Å². The minimum atomic E-state index is -0.797. The number of carbonyl (C=O) groups is 1. The fourth-order valence-electron chi connectivity index (χ4n) is 3.66. The van der Waals surface area contributed by atoms with E-state index in [9.17, 15) is 14.0 Å². The number of benzene rings is 1. The SMILES string of the molecule is CC(Oc1ccccc1F)C(=O)N1CCC(c2cc(=O)[nH]c(-c3cnccn3)n2)CC1. The third kappa shape index (κ3) is 4.76. The molecule has 0 radical (unpaired) electrons. The van der Waals surface area contributed by atoms with Gasteiger partial charge < -0.3 is 14.6 Å². The van der Waals surface area contributed by atoms with Crippen molar-refractivity contribution in [3.63, 3.8) is 0 Å². The molecule has 1 aromatic carbocycles. The number of aromatic nitrogens is 4. The number of hydrogen-bond donors (Lipinski definition) is 1. The summed E-state index contributed by atoms with van der Waals surface area (Å²) in [6.45, 7) is 2.62. The molecule has 1 aliphatic rings. The Morgan fingerprint density at radius 2 is 2.03 bits per heavy atom. The van der Waals surface area contributed by atoms with Crippen LogP contribution in [-0.4, -0.2) is 49.9 Å². The summed E-state index contributed by atoms with van der Waals surface area (Å²) in [6.07, 6.45) is 5.16. The van der Waals surface area contributed by atoms with E-state index in [-0.39, 0.29) is 23.1 Å². The van der Waals surface area contributed by atoms with Crippen molar-refractivity contribution in [2.45, 2.75) is 31.8 Å². The first-order valence-electron chi connectivity index (χ1n) is 10.1. The van der Waals surface area contributed by atoms with Gasteiger partial charge in [-0.15, -0.1) is 0 Å². The number of H-pyrrole nitrogens is 1. The third-order valence-electron chi connectivity index (χ3n) is 5.28. The Hall–Kier alpha value is -3.62. The molecule has 8 nitrogen and oxygen atoms in total. The van der Waals surface area contributed by atoms with Crippen LogP contribution in [0.5, 0.6) is 5.75 Å². The maximum Gasteiger partial charge on any atom is 0.263 e. The number of para-hydroxylation sites is 1. The lowest BCUT2D eigenvalue weighted by atomic mass is 9.93. The van der Waals surface area contributed by atoms with E-state index in [1.165, 1.54) is 24.4 Å². The van der Waals surface area contributed by atoms with E-state index in [4.69, 9.17) is 4.74 Å². The van der Waals surface area contributed by atoms with E-state index in [0.29, 0.717) is 43.1 Å². The van der Waals surface area contributed by atoms with Gasteiger partial charge in [-0.05, 0) is 31.9 Å². The van der Waals surface area contributed by atoms with E-state index < -0.39 is 11.9 Å². The van der Waals surface area contributed by atoms with Crippen LogP contribution in [0.15, 0.2) is 53.7 Å². The molecule has 1 atom stereocenters. The van der Waals surface area contributed by atoms with Crippen molar-refractivity contribution in [2.24, 2.45) is 0 Å². The molecule has 1 unspecified atom stereocenters. The van der Waals surface area contributed by atoms with Crippen LogP contribution in [0.3, 0.4) is 0 Å². The van der Waals surface area contributed by atoms with Gasteiger partial charge >= 0.3 is 0 Å². The number of likely N-dealkylation sites (tertiary alicyclic amines) is 1. The van der Waals surface area contributed by atoms with Gasteiger partial charge in [-0.25, -0.2) is 14.4 Å². The summed E-state index contributed by atoms with van der Waals surface area (Å²) < 4.78 is 19.3. The Morgan fingerprint density at radius 3 is 2.74 bits per heavy atom. The summed E-state index contributed by atoms with van der Waals surface area (Å²) in [5.74, 6) is -0.214. The van der Waals surface area contributed by atoms with Crippen LogP contribution in [0.2, 0.25) is 0 Å². The fraction of sp³-hybridized carbons (Fsp3) is 0.318. The Morgan fingerprint density at radius 1 is 1.26 bits per heavy atom. The summed E-state index contributed by atoms with van der Waals surface area (Å²) in [7, 11) is 0. The molecule has 3 heterocycles. The molecule has 1 fully saturated rings. The smallest absolute Gasteiger partial charge is 0.263 e. The number of hydrogen-bond acceptors (Lipinski definition) is 6. The van der Waals surface area contributed by atoms with Crippen molar-refractivity contribution in [3.8, 4) is 17.3 Å². The van der Waals surface area contributed by atoms with Crippen LogP contribution in [-0.2, 0) is 4.79 Å². The van der Waals surface area contributed by atoms with Gasteiger partial charge in [-0.3, -0.25) is 14.6 Å². The van der Waals surface area contributed by atoms with E-state index >= 15 is 0 Å². The van der Waals surface area contributed by atoms with Crippen LogP contribution in [0, 0.1) is 5.82 Å². The normalized spacial score (nSPS) is 15.5. The van der Waals surface area contributed by atoms with Crippen molar-refractivity contribution in [1.29, 1.82) is 0 Å². The molecule has 1 aliphatic heterocycles. The fourth-order valence-corrected chi connectivity index (χ4v) is 3.66. The molecule has 160 valence electrons. The molecule has 0 spiro atoms. The number of piperidine rings is 1. The van der Waals surface area contributed by atoms with E-state index in [1.807, 2.05) is 0 Å². The lowest BCUT2D eigenvalue weighted by Gasteiger charge is -2.33. The molecule has 3 aromatic rings. The Labute approximate surface area is 178 Å². The van der Waals surface area contributed by atoms with Crippen molar-refractivity contribution in [2.75, 3.05) is 13.1 Å². The van der Waals surface area contributed by atoms with Crippen molar-refractivity contribution in [1.82, 2.24) is 24.8 Å². The van der Waals surface area contributed by atoms with Crippen LogP contribution >= 0.6 is 0 Å². The van der Waals surface area contributed by atoms with E-state index in [2.05, 4.69) is 19.9 Å². The average molecular weight is 423 g/mol. The second-order valence-corrected chi connectivity index (χ2v) is 7.40. The maximum atomic E-state index is 13.8. The quantitative estimate of drug-likeness (QED) is 0.677. The number of amides is 1. The zero-order chi connectivity index (χ0) is 21.8. The molecule has 0 aliphatic carbocycles. The summed E-state index contributed by atoms with van der Waals surface area (Å²) in [5.41, 5.74) is 0.913. The third-order valence-corrected chi connectivity index (χ3v) is 5.28. The molecule has 0 saturated carbocycles. The molecule has 4 rings (SSSR count). The highest BCUT2D eigenvalue weighted by Crippen LogP contribution is 2.27. The van der Waals surface area contributed by atoms with Gasteiger partial charge in [-0.2, -0.15) is 0 Å². The van der Waals surface area contributed by atoms with Gasteiger partial charge in [-0.1, -0.05) is 12.1 Å². The number of carbonyl (C=O) groups excluding carboxylic acids is 1. The molecular formula is C22H22FN5O3. The van der Waals surface area contributed by atoms with Crippen molar-refractivity contribution < 1.29 is 13.9 Å². The summed E-state index contributed by atoms with van der Waals surface area (Å²) in [6, 6.07) is 7.51. The Balaban J connectivity index is 1.41. The molecule has 2 aromatic heterocycles. The zero-order valence-electron chi connectivity index (χ0n) is 17.0. The number of nitrogens with one attached hydrogen (secondary N) is 1. The van der Waals surface area contributed by atoms with Crippen LogP contribution in [0.4, 0.5) is 4.39 Å². The standard InChI is InChI=1S/C22H22FN5O3/c1-14(31-19-5-3-2-4-16(19)23)22(30)28-10-6-15(7-11-28)17-12-20(29)27-21(26-17)18-13-24-8-9-25-18/h2-5,8-9,12-15H,6-7,10-11H2,1H3,(H,26,27,29). The molecule has 1 saturated heterocycles. The first kappa shape index (κ1) is 20.6. The predicted molar refractivity (Wildman–Crippen MR) is 111 cm³/mol. The minimum Gasteiger partial charge on any atom is -0.478 e. The first-order valence-corrected chi connectivity index (χ1v) is 10.1. The molecule has 1 N–H and O–H groups in total. The molecule has 9 heteroatoms. The second kappa shape index (κ2) is 9.03. The molecule has 31 heavy (non-hydrogen) atoms. The highest BCUT2D eigenvalue weighted by molar-refractivity contribution is 5.81. The highest BCUT2D eigenvalue weighted by Gasteiger charge is 2.29. The predicted octanol–water partition coefficient (Wildman–Crippen LogP) is 2.54. The van der Waals surface area contributed by atoms with Gasteiger partial charge in [0, 0.05) is 37.5 Å². The summed E-state index contributed by atoms with van der Waals surface area (Å²) in [5, 5.41) is 0. The zero-order valence-corrected chi connectivity index (χ0v) is 17.0. The van der Waals surface area contributed by atoms with Crippen LogP contribution in [0.25, 0.3) is 11.5 Å². The van der Waals surface area contributed by atoms with Crippen LogP contribution < -0.4 is 10.3 Å². The van der Waals surface area contributed by atoms with Gasteiger partial charge in [0.05, 0.1) is 11.9 Å². The number of rotatable bonds is 5. The van der Waals surface area contributed by atoms with Crippen LogP contribution in [0.1, 0.15) is 31.4 Å². The first-order chi connectivity index (χ1) is 15.0. The largest absolute Gasteiger partial charge is 0.478 e. The summed E-state index contributed by atoms with van der Waals surface area (Å²) >= 11 is 0. The van der Waals surface area contributed by atoms with Crippen molar-refractivity contribution >= 4 is 5.91 Å². The highest BCUT2D eigenvalue weighted by atomic mass is 19.1. The lowest BCUT2D eigenvalue weighted by Crippen LogP contribution is -2.44. The summed E-state index contributed by atoms with van der Waals surface area (Å²) in [4.78, 5) is 42.0. The van der Waals surface area contributed by atoms with E-state index in [1.54, 1.807) is 36.4 Å². The van der Waals surface area contributed by atoms with Gasteiger partial charge in [0.15, 0.2) is 23.5 Å². The molecular weight excluding hydrogens is 401 g/mol. The topological polar surface area (TPSA) is 101 Å². The lowest BCUT2D eigenvalue weighted by molar-refractivity contribution is -0.139. The average Bonchev–Trinajstić information content (AvgIpc) is 2.80. The van der Waals surface area contributed by atoms with Gasteiger partial charge in [0.2, 0.25) is 0 Å². The minimum absolute atomic E-state index is 0.0459. The number of halogens is 1. The van der Waals surface area contributed by atoms with Gasteiger partial charge in [0.25, 0.3) is 11.5 Å². The number of ether oxygens (including phenoxy) is 1. The van der Waals surface area contributed by atoms with E-state index in [0.717, 1.165) is 0 Å². The Kier molecular flexibility index (Phi) is 6.01. The molecule has 1 amide bonds. The number of aromatic amines is 1. The number of nitrogens with zero attached hydrogens (tertiary/aromatic N) is 4. The van der Waals surface area contributed by atoms with Crippen molar-refractivity contribution in [3.05, 3.63) is 70.8 Å². The Bertz CT molecular complexity index is 1110. The monoisotopic (exact) mass is 423 g/mol. The maximum absolute atomic E-state index is 13.8. The molecule has 0 bridgehead atoms.